The lowest BCUT2D eigenvalue weighted by Crippen LogP contribution is -2.54. The second kappa shape index (κ2) is 13.9. The highest BCUT2D eigenvalue weighted by Gasteiger charge is 2.51. The number of carbonyl (C=O) groups excluding carboxylic acids is 3. The molecule has 4 aromatic rings. The molecule has 1 saturated carbocycles. The first-order valence-corrected chi connectivity index (χ1v) is 19.4. The second-order valence-electron chi connectivity index (χ2n) is 16.7. The van der Waals surface area contributed by atoms with E-state index in [1.165, 1.54) is 29.4 Å². The van der Waals surface area contributed by atoms with Gasteiger partial charge in [-0.15, -0.1) is 0 Å². The molecule has 5 atom stereocenters. The van der Waals surface area contributed by atoms with Crippen LogP contribution in [0.15, 0.2) is 48.8 Å². The quantitative estimate of drug-likeness (QED) is 0.176. The van der Waals surface area contributed by atoms with E-state index >= 15 is 0 Å². The molecule has 3 N–H and O–H groups in total. The van der Waals surface area contributed by atoms with E-state index in [0.29, 0.717) is 12.5 Å². The van der Waals surface area contributed by atoms with E-state index in [9.17, 15) is 14.4 Å². The molecule has 2 aliphatic carbocycles. The molecule has 2 aliphatic heterocycles. The van der Waals surface area contributed by atoms with E-state index in [2.05, 4.69) is 51.7 Å². The molecule has 284 valence electrons. The van der Waals surface area contributed by atoms with Crippen molar-refractivity contribution >= 4 is 18.1 Å². The number of nitrogens with one attached hydrogen (secondary N) is 3. The Labute approximate surface area is 316 Å². The number of aromatic nitrogens is 4. The molecule has 3 amide bonds. The molecule has 2 aromatic heterocycles. The molecule has 0 radical (unpaired) electrons. The van der Waals surface area contributed by atoms with Gasteiger partial charge >= 0.3 is 12.2 Å². The maximum atomic E-state index is 14.0. The van der Waals surface area contributed by atoms with Crippen LogP contribution in [0.25, 0.3) is 33.6 Å². The SMILES string of the molecule is COC(=O)N[C@H](C(=O)N1C2CCC(C2)[C@H]1c1ncc(-c2ccc3c(c2)CCc2cc(-c4cnc([C@@H]5CCCN5C(=O)OC(C)(C)C)[nH]4)ccc2-3)[nH]1)C(C)C. The molecule has 12 nitrogen and oxygen atoms in total. The highest BCUT2D eigenvalue weighted by atomic mass is 16.6. The predicted octanol–water partition coefficient (Wildman–Crippen LogP) is 7.74. The molecule has 8 rings (SSSR count). The Bertz CT molecular complexity index is 2080. The van der Waals surface area contributed by atoms with Crippen molar-refractivity contribution in [1.29, 1.82) is 0 Å². The third kappa shape index (κ3) is 6.64. The largest absolute Gasteiger partial charge is 0.453 e. The highest BCUT2D eigenvalue weighted by molar-refractivity contribution is 5.87. The summed E-state index contributed by atoms with van der Waals surface area (Å²) >= 11 is 0. The van der Waals surface area contributed by atoms with Crippen LogP contribution in [0.2, 0.25) is 0 Å². The number of aryl methyl sites for hydroxylation is 2. The van der Waals surface area contributed by atoms with Gasteiger partial charge < -0.3 is 29.7 Å². The van der Waals surface area contributed by atoms with Crippen molar-refractivity contribution in [2.45, 2.75) is 109 Å². The number of H-pyrrole nitrogens is 2. The Morgan fingerprint density at radius 1 is 0.889 bits per heavy atom. The number of methoxy groups -OCH3 is 1. The Hall–Kier alpha value is -5.13. The standard InChI is InChI=1S/C42H51N7O5/c1-23(2)35(47-40(51)53-6)39(50)49-29-14-11-28(20-29)36(49)38-44-22-33(46-38)27-13-16-31-25(19-27)10-9-24-18-26(12-15-30(24)31)32-21-43-37(45-32)34-8-7-17-48(34)41(52)54-42(3,4)5/h12-13,15-16,18-19,21-23,28-29,34-36H,7-11,14,17,20H2,1-6H3,(H,43,45)(H,44,46)(H,47,51)/t28?,29?,34-,35-,36-/m0/s1. The predicted molar refractivity (Wildman–Crippen MR) is 204 cm³/mol. The number of rotatable bonds is 7. The number of piperidine rings is 1. The van der Waals surface area contributed by atoms with Crippen LogP contribution in [-0.2, 0) is 27.1 Å². The van der Waals surface area contributed by atoms with E-state index in [0.717, 1.165) is 79.1 Å². The van der Waals surface area contributed by atoms with Crippen LogP contribution in [0, 0.1) is 11.8 Å². The van der Waals surface area contributed by atoms with E-state index in [1.54, 1.807) is 4.90 Å². The van der Waals surface area contributed by atoms with Gasteiger partial charge in [0.05, 0.1) is 43.0 Å². The van der Waals surface area contributed by atoms with Crippen LogP contribution in [0.1, 0.15) is 102 Å². The molecule has 0 spiro atoms. The van der Waals surface area contributed by atoms with Crippen molar-refractivity contribution < 1.29 is 23.9 Å². The maximum absolute atomic E-state index is 14.0. The molecule has 2 aromatic carbocycles. The third-order valence-electron chi connectivity index (χ3n) is 11.7. The maximum Gasteiger partial charge on any atom is 0.410 e. The first kappa shape index (κ1) is 35.9. The fourth-order valence-electron chi connectivity index (χ4n) is 9.12. The Morgan fingerprint density at radius 2 is 1.52 bits per heavy atom. The number of imidazole rings is 2. The minimum atomic E-state index is -0.668. The number of alkyl carbamates (subject to hydrolysis) is 1. The van der Waals surface area contributed by atoms with Crippen molar-refractivity contribution in [2.75, 3.05) is 13.7 Å². The molecule has 4 heterocycles. The van der Waals surface area contributed by atoms with E-state index < -0.39 is 17.7 Å². The van der Waals surface area contributed by atoms with Crippen molar-refractivity contribution in [3.05, 3.63) is 71.6 Å². The lowest BCUT2D eigenvalue weighted by molar-refractivity contribution is -0.139. The topological polar surface area (TPSA) is 146 Å². The number of amides is 3. The number of aromatic amines is 2. The molecular weight excluding hydrogens is 683 g/mol. The average Bonchev–Trinajstić information content (AvgIpc) is 4.00. The summed E-state index contributed by atoms with van der Waals surface area (Å²) < 4.78 is 10.5. The average molecular weight is 734 g/mol. The van der Waals surface area contributed by atoms with E-state index in [1.807, 2.05) is 51.9 Å². The minimum absolute atomic E-state index is 0.0761. The number of likely N-dealkylation sites (tertiary alicyclic amines) is 2. The number of benzene rings is 2. The summed E-state index contributed by atoms with van der Waals surface area (Å²) in [4.78, 5) is 59.4. The molecule has 2 saturated heterocycles. The smallest absolute Gasteiger partial charge is 0.410 e. The van der Waals surface area contributed by atoms with Gasteiger partial charge in [0.25, 0.3) is 0 Å². The fourth-order valence-corrected chi connectivity index (χ4v) is 9.12. The number of fused-ring (bicyclic) bond motifs is 5. The molecule has 54 heavy (non-hydrogen) atoms. The van der Waals surface area contributed by atoms with Gasteiger partial charge in [0.2, 0.25) is 5.91 Å². The van der Waals surface area contributed by atoms with Crippen LogP contribution >= 0.6 is 0 Å². The summed E-state index contributed by atoms with van der Waals surface area (Å²) in [6.45, 7) is 10.2. The molecule has 4 aliphatic rings. The van der Waals surface area contributed by atoms with Crippen molar-refractivity contribution in [3.63, 3.8) is 0 Å². The van der Waals surface area contributed by atoms with Crippen LogP contribution in [-0.4, -0.2) is 79.2 Å². The summed E-state index contributed by atoms with van der Waals surface area (Å²) in [5.41, 5.74) is 8.53. The number of ether oxygens (including phenoxy) is 2. The van der Waals surface area contributed by atoms with E-state index in [-0.39, 0.29) is 36.0 Å². The first-order chi connectivity index (χ1) is 25.9. The molecular formula is C42H51N7O5. The number of hydrogen-bond donors (Lipinski definition) is 3. The van der Waals surface area contributed by atoms with Gasteiger partial charge in [-0.3, -0.25) is 9.69 Å². The zero-order valence-electron chi connectivity index (χ0n) is 32.1. The monoisotopic (exact) mass is 733 g/mol. The summed E-state index contributed by atoms with van der Waals surface area (Å²) in [6, 6.07) is 12.4. The van der Waals surface area contributed by atoms with Crippen LogP contribution < -0.4 is 5.32 Å². The molecule has 12 heteroatoms. The Balaban J connectivity index is 0.993. The number of hydrogen-bond acceptors (Lipinski definition) is 7. The summed E-state index contributed by atoms with van der Waals surface area (Å²) in [5, 5.41) is 2.77. The van der Waals surface area contributed by atoms with Gasteiger partial charge in [-0.25, -0.2) is 19.6 Å². The lowest BCUT2D eigenvalue weighted by Gasteiger charge is -2.37. The highest BCUT2D eigenvalue weighted by Crippen LogP contribution is 2.50. The minimum Gasteiger partial charge on any atom is -0.453 e. The fraction of sp³-hybridized carbons (Fsp3) is 0.500. The van der Waals surface area contributed by atoms with Crippen LogP contribution in [0.4, 0.5) is 9.59 Å². The zero-order chi connectivity index (χ0) is 37.9. The van der Waals surface area contributed by atoms with Gasteiger partial charge in [0.15, 0.2) is 0 Å². The van der Waals surface area contributed by atoms with Crippen LogP contribution in [0.5, 0.6) is 0 Å². The Morgan fingerprint density at radius 3 is 2.13 bits per heavy atom. The van der Waals surface area contributed by atoms with Crippen molar-refractivity contribution in [2.24, 2.45) is 11.8 Å². The summed E-state index contributed by atoms with van der Waals surface area (Å²) in [7, 11) is 1.32. The van der Waals surface area contributed by atoms with Gasteiger partial charge in [-0.05, 0) is 123 Å². The van der Waals surface area contributed by atoms with Crippen molar-refractivity contribution in [3.8, 4) is 33.6 Å². The molecule has 3 fully saturated rings. The number of carbonyl (C=O) groups is 3. The summed E-state index contributed by atoms with van der Waals surface area (Å²) in [6.07, 6.45) is 9.44. The third-order valence-corrected chi connectivity index (χ3v) is 11.7. The summed E-state index contributed by atoms with van der Waals surface area (Å²) in [5.74, 6) is 1.76. The Kier molecular flexibility index (Phi) is 9.26. The van der Waals surface area contributed by atoms with Gasteiger partial charge in [0, 0.05) is 12.6 Å². The normalized spacial score (nSPS) is 22.3. The molecule has 2 unspecified atom stereocenters. The first-order valence-electron chi connectivity index (χ1n) is 19.4. The molecule has 2 bridgehead atoms. The van der Waals surface area contributed by atoms with E-state index in [4.69, 9.17) is 19.4 Å². The van der Waals surface area contributed by atoms with Crippen molar-refractivity contribution in [1.82, 2.24) is 35.1 Å². The van der Waals surface area contributed by atoms with Gasteiger partial charge in [-0.2, -0.15) is 0 Å². The van der Waals surface area contributed by atoms with Gasteiger partial charge in [0.1, 0.15) is 23.3 Å². The lowest BCUT2D eigenvalue weighted by atomic mass is 9.83. The van der Waals surface area contributed by atoms with Crippen LogP contribution in [0.3, 0.4) is 0 Å². The second-order valence-corrected chi connectivity index (χ2v) is 16.7. The zero-order valence-corrected chi connectivity index (χ0v) is 32.1. The van der Waals surface area contributed by atoms with Gasteiger partial charge in [-0.1, -0.05) is 38.1 Å². The number of nitrogens with zero attached hydrogens (tertiary/aromatic N) is 4.